The third-order valence-electron chi connectivity index (χ3n) is 4.78. The fraction of sp³-hybridized carbons (Fsp3) is 0.154. The summed E-state index contributed by atoms with van der Waals surface area (Å²) in [5.41, 5.74) is 2.85. The predicted molar refractivity (Wildman–Crippen MR) is 135 cm³/mol. The third kappa shape index (κ3) is 5.58. The number of ether oxygens (including phenoxy) is 2. The molecule has 1 saturated heterocycles. The second kappa shape index (κ2) is 10.5. The van der Waals surface area contributed by atoms with E-state index in [4.69, 9.17) is 21.7 Å². The number of hydrogen-bond acceptors (Lipinski definition) is 5. The summed E-state index contributed by atoms with van der Waals surface area (Å²) in [5, 5.41) is 0. The van der Waals surface area contributed by atoms with E-state index in [-0.39, 0.29) is 5.91 Å². The molecule has 0 atom stereocenters. The van der Waals surface area contributed by atoms with Crippen molar-refractivity contribution >= 4 is 46.0 Å². The largest absolute Gasteiger partial charge is 0.493 e. The van der Waals surface area contributed by atoms with E-state index < -0.39 is 0 Å². The molecule has 0 bridgehead atoms. The molecule has 0 saturated carbocycles. The number of benzene rings is 3. The molecule has 1 aliphatic heterocycles. The number of thiocarbonyl (C=S) groups is 1. The molecule has 4 rings (SSSR count). The molecule has 4 nitrogen and oxygen atoms in total. The van der Waals surface area contributed by atoms with Crippen molar-refractivity contribution in [3.8, 4) is 11.5 Å². The zero-order valence-corrected chi connectivity index (χ0v) is 19.3. The molecule has 0 unspecified atom stereocenters. The van der Waals surface area contributed by atoms with Gasteiger partial charge in [0, 0.05) is 6.42 Å². The van der Waals surface area contributed by atoms with Crippen LogP contribution < -0.4 is 14.4 Å². The minimum atomic E-state index is -0.106. The zero-order chi connectivity index (χ0) is 22.3. The van der Waals surface area contributed by atoms with Gasteiger partial charge in [0.2, 0.25) is 0 Å². The molecule has 1 fully saturated rings. The van der Waals surface area contributed by atoms with Crippen molar-refractivity contribution in [2.75, 3.05) is 18.1 Å². The molecule has 0 aromatic heterocycles. The summed E-state index contributed by atoms with van der Waals surface area (Å²) >= 11 is 6.75. The van der Waals surface area contributed by atoms with Crippen LogP contribution in [-0.4, -0.2) is 23.4 Å². The predicted octanol–water partition coefficient (Wildman–Crippen LogP) is 6.25. The molecule has 6 heteroatoms. The number of carbonyl (C=O) groups excluding carboxylic acids is 1. The Labute approximate surface area is 197 Å². The maximum atomic E-state index is 12.9. The first-order chi connectivity index (χ1) is 15.6. The Balaban J connectivity index is 1.33. The lowest BCUT2D eigenvalue weighted by atomic mass is 10.2. The second-order valence-electron chi connectivity index (χ2n) is 7.29. The number of rotatable bonds is 8. The van der Waals surface area contributed by atoms with E-state index in [9.17, 15) is 4.79 Å². The van der Waals surface area contributed by atoms with Crippen LogP contribution in [0.25, 0.3) is 6.08 Å². The van der Waals surface area contributed by atoms with Gasteiger partial charge in [-0.3, -0.25) is 9.69 Å². The average molecular weight is 462 g/mol. The van der Waals surface area contributed by atoms with Crippen molar-refractivity contribution in [1.82, 2.24) is 0 Å². The maximum absolute atomic E-state index is 12.9. The van der Waals surface area contributed by atoms with E-state index in [0.717, 1.165) is 29.2 Å². The molecule has 162 valence electrons. The Kier molecular flexibility index (Phi) is 7.24. The van der Waals surface area contributed by atoms with Crippen LogP contribution in [0.2, 0.25) is 0 Å². The molecule has 1 heterocycles. The van der Waals surface area contributed by atoms with Crippen LogP contribution in [0.4, 0.5) is 5.69 Å². The van der Waals surface area contributed by atoms with E-state index in [1.807, 2.05) is 91.9 Å². The van der Waals surface area contributed by atoms with Crippen LogP contribution >= 0.6 is 24.0 Å². The summed E-state index contributed by atoms with van der Waals surface area (Å²) in [5.74, 6) is 1.53. The highest BCUT2D eigenvalue weighted by Gasteiger charge is 2.33. The second-order valence-corrected chi connectivity index (χ2v) is 8.97. The molecule has 32 heavy (non-hydrogen) atoms. The molecule has 3 aromatic carbocycles. The number of hydrogen-bond donors (Lipinski definition) is 0. The number of para-hydroxylation sites is 1. The van der Waals surface area contributed by atoms with Gasteiger partial charge in [-0.1, -0.05) is 66.4 Å². The minimum absolute atomic E-state index is 0.106. The lowest BCUT2D eigenvalue weighted by Crippen LogP contribution is -2.27. The maximum Gasteiger partial charge on any atom is 0.270 e. The first-order valence-corrected chi connectivity index (χ1v) is 11.6. The van der Waals surface area contributed by atoms with Crippen LogP contribution in [0.1, 0.15) is 17.5 Å². The monoisotopic (exact) mass is 461 g/mol. The van der Waals surface area contributed by atoms with Crippen LogP contribution in [0.5, 0.6) is 11.5 Å². The molecule has 3 aromatic rings. The number of carbonyl (C=O) groups is 1. The van der Waals surface area contributed by atoms with Crippen molar-refractivity contribution in [3.63, 3.8) is 0 Å². The molecule has 1 amide bonds. The number of nitrogens with zero attached hydrogens (tertiary/aromatic N) is 1. The Morgan fingerprint density at radius 1 is 0.906 bits per heavy atom. The van der Waals surface area contributed by atoms with E-state index in [0.29, 0.717) is 22.4 Å². The summed E-state index contributed by atoms with van der Waals surface area (Å²) in [4.78, 5) is 15.1. The van der Waals surface area contributed by atoms with Gasteiger partial charge in [0.15, 0.2) is 4.32 Å². The smallest absolute Gasteiger partial charge is 0.270 e. The molecular formula is C26H23NO3S2. The van der Waals surface area contributed by atoms with Crippen LogP contribution in [0, 0.1) is 6.92 Å². The number of aryl methyl sites for hydroxylation is 1. The number of thioether (sulfide) groups is 1. The zero-order valence-electron chi connectivity index (χ0n) is 17.7. The van der Waals surface area contributed by atoms with Gasteiger partial charge >= 0.3 is 0 Å². The Bertz CT molecular complexity index is 1140. The quantitative estimate of drug-likeness (QED) is 0.225. The summed E-state index contributed by atoms with van der Waals surface area (Å²) in [6.07, 6.45) is 2.63. The lowest BCUT2D eigenvalue weighted by Gasteiger charge is -2.13. The topological polar surface area (TPSA) is 38.8 Å². The van der Waals surface area contributed by atoms with Crippen LogP contribution in [0.3, 0.4) is 0 Å². The van der Waals surface area contributed by atoms with Crippen LogP contribution in [-0.2, 0) is 4.79 Å². The molecule has 0 spiro atoms. The molecule has 0 aliphatic carbocycles. The van der Waals surface area contributed by atoms with Gasteiger partial charge in [0.25, 0.3) is 5.91 Å². The van der Waals surface area contributed by atoms with Gasteiger partial charge in [0.05, 0.1) is 23.8 Å². The first-order valence-electron chi connectivity index (χ1n) is 10.4. The summed E-state index contributed by atoms with van der Waals surface area (Å²) in [6, 6.07) is 25.2. The van der Waals surface area contributed by atoms with E-state index in [1.54, 1.807) is 4.90 Å². The van der Waals surface area contributed by atoms with E-state index in [2.05, 4.69) is 0 Å². The summed E-state index contributed by atoms with van der Waals surface area (Å²) < 4.78 is 12.2. The van der Waals surface area contributed by atoms with Gasteiger partial charge in [-0.2, -0.15) is 0 Å². The summed E-state index contributed by atoms with van der Waals surface area (Å²) in [7, 11) is 0. The average Bonchev–Trinajstić information content (AvgIpc) is 3.07. The first kappa shape index (κ1) is 22.1. The highest BCUT2D eigenvalue weighted by atomic mass is 32.2. The molecule has 0 N–H and O–H groups in total. The van der Waals surface area contributed by atoms with Crippen molar-refractivity contribution < 1.29 is 14.3 Å². The van der Waals surface area contributed by atoms with Gasteiger partial charge in [-0.15, -0.1) is 0 Å². The number of anilines is 1. The Hall–Kier alpha value is -3.09. The SMILES string of the molecule is Cc1cccc(OCCCOc2cccc(/C=C3\SC(=S)N(c4ccccc4)C3=O)c2)c1. The fourth-order valence-corrected chi connectivity index (χ4v) is 4.56. The minimum Gasteiger partial charge on any atom is -0.493 e. The fourth-order valence-electron chi connectivity index (χ4n) is 3.26. The molecular weight excluding hydrogens is 438 g/mol. The lowest BCUT2D eigenvalue weighted by molar-refractivity contribution is -0.113. The highest BCUT2D eigenvalue weighted by Crippen LogP contribution is 2.36. The third-order valence-corrected chi connectivity index (χ3v) is 6.08. The summed E-state index contributed by atoms with van der Waals surface area (Å²) in [6.45, 7) is 3.18. The molecule has 0 radical (unpaired) electrons. The standard InChI is InChI=1S/C26H23NO3S2/c1-19-8-5-12-22(16-19)29-14-7-15-30-23-13-6-9-20(17-23)18-24-25(28)27(26(31)32-24)21-10-3-2-4-11-21/h2-6,8-13,16-18H,7,14-15H2,1H3/b24-18-. The normalized spacial score (nSPS) is 14.8. The van der Waals surface area contributed by atoms with Crippen molar-refractivity contribution in [2.45, 2.75) is 13.3 Å². The van der Waals surface area contributed by atoms with E-state index in [1.165, 1.54) is 17.3 Å². The van der Waals surface area contributed by atoms with Crippen molar-refractivity contribution in [3.05, 3.63) is 94.9 Å². The van der Waals surface area contributed by atoms with Crippen molar-refractivity contribution in [1.29, 1.82) is 0 Å². The molecule has 1 aliphatic rings. The van der Waals surface area contributed by atoms with Gasteiger partial charge < -0.3 is 9.47 Å². The van der Waals surface area contributed by atoms with E-state index >= 15 is 0 Å². The van der Waals surface area contributed by atoms with Gasteiger partial charge in [0.1, 0.15) is 11.5 Å². The Morgan fingerprint density at radius 2 is 1.59 bits per heavy atom. The number of amides is 1. The highest BCUT2D eigenvalue weighted by molar-refractivity contribution is 8.27. The van der Waals surface area contributed by atoms with Gasteiger partial charge in [-0.05, 0) is 60.5 Å². The Morgan fingerprint density at radius 3 is 2.31 bits per heavy atom. The van der Waals surface area contributed by atoms with Gasteiger partial charge in [-0.25, -0.2) is 0 Å². The van der Waals surface area contributed by atoms with Crippen molar-refractivity contribution in [2.24, 2.45) is 0 Å². The van der Waals surface area contributed by atoms with Crippen LogP contribution in [0.15, 0.2) is 83.8 Å².